The van der Waals surface area contributed by atoms with Gasteiger partial charge in [0.15, 0.2) is 11.2 Å². The Morgan fingerprint density at radius 1 is 1.11 bits per heavy atom. The smallest absolute Gasteiger partial charge is 0.394 e. The van der Waals surface area contributed by atoms with Crippen LogP contribution in [0.4, 0.5) is 11.9 Å². The van der Waals surface area contributed by atoms with Crippen LogP contribution in [0.2, 0.25) is 0 Å². The Bertz CT molecular complexity index is 1490. The number of nitrogen functional groups attached to an aromatic ring is 2. The SMILES string of the molecule is Nc1ncn(C2C[C@@H](OP(=O)(O)OCC3OC(n4cnc5c(=O)[nH]c(N)nc54)C[C@H]3O)[C@@H](CO)O2)c(=O)n1. The van der Waals surface area contributed by atoms with Gasteiger partial charge in [-0.05, 0) is 0 Å². The van der Waals surface area contributed by atoms with Crippen molar-refractivity contribution in [1.82, 2.24) is 34.1 Å². The number of phosphoric acid groups is 1. The second-order valence-electron chi connectivity index (χ2n) is 8.57. The molecule has 2 aliphatic rings. The lowest BCUT2D eigenvalue weighted by Crippen LogP contribution is -2.29. The van der Waals surface area contributed by atoms with Crippen molar-refractivity contribution in [2.45, 2.75) is 49.7 Å². The van der Waals surface area contributed by atoms with Crippen molar-refractivity contribution >= 4 is 30.9 Å². The second kappa shape index (κ2) is 10.1. The van der Waals surface area contributed by atoms with Crippen LogP contribution in [0.5, 0.6) is 0 Å². The Labute approximate surface area is 211 Å². The monoisotopic (exact) mass is 557 g/mol. The Morgan fingerprint density at radius 3 is 2.55 bits per heavy atom. The topological polar surface area (TPSA) is 278 Å². The van der Waals surface area contributed by atoms with E-state index in [-0.39, 0.29) is 35.9 Å². The fraction of sp³-hybridized carbons (Fsp3) is 0.556. The van der Waals surface area contributed by atoms with Gasteiger partial charge in [-0.25, -0.2) is 19.3 Å². The summed E-state index contributed by atoms with van der Waals surface area (Å²) < 4.78 is 36.6. The average Bonchev–Trinajstić information content (AvgIpc) is 3.54. The van der Waals surface area contributed by atoms with Crippen LogP contribution in [-0.2, 0) is 23.1 Å². The number of imidazole rings is 1. The molecule has 0 saturated carbocycles. The van der Waals surface area contributed by atoms with E-state index in [0.29, 0.717) is 0 Å². The maximum Gasteiger partial charge on any atom is 0.472 e. The summed E-state index contributed by atoms with van der Waals surface area (Å²) in [6.07, 6.45) is -3.86. The molecular formula is C18H24N9O10P. The number of nitrogens with one attached hydrogen (secondary N) is 1. The molecule has 0 aliphatic carbocycles. The molecule has 0 radical (unpaired) electrons. The number of aliphatic hydroxyl groups excluding tert-OH is 2. The van der Waals surface area contributed by atoms with Gasteiger partial charge < -0.3 is 36.0 Å². The molecule has 38 heavy (non-hydrogen) atoms. The van der Waals surface area contributed by atoms with Crippen LogP contribution in [0.25, 0.3) is 11.2 Å². The number of rotatable bonds is 8. The van der Waals surface area contributed by atoms with E-state index in [1.807, 2.05) is 0 Å². The van der Waals surface area contributed by atoms with Gasteiger partial charge in [0, 0.05) is 12.8 Å². The summed E-state index contributed by atoms with van der Waals surface area (Å²) in [7, 11) is -4.76. The number of fused-ring (bicyclic) bond motifs is 1. The molecule has 19 nitrogen and oxygen atoms in total. The number of phosphoric ester groups is 1. The number of nitrogens with two attached hydrogens (primary N) is 2. The van der Waals surface area contributed by atoms with E-state index in [4.69, 9.17) is 30.0 Å². The van der Waals surface area contributed by atoms with Gasteiger partial charge in [0.05, 0.1) is 25.6 Å². The zero-order valence-corrected chi connectivity index (χ0v) is 20.3. The van der Waals surface area contributed by atoms with Crippen molar-refractivity contribution in [2.75, 3.05) is 24.7 Å². The molecular weight excluding hydrogens is 533 g/mol. The van der Waals surface area contributed by atoms with Gasteiger partial charge in [-0.15, -0.1) is 0 Å². The summed E-state index contributed by atoms with van der Waals surface area (Å²) in [5.41, 5.74) is 9.82. The maximum absolute atomic E-state index is 12.7. The number of hydrogen-bond donors (Lipinski definition) is 6. The highest BCUT2D eigenvalue weighted by atomic mass is 31.2. The van der Waals surface area contributed by atoms with Gasteiger partial charge in [-0.2, -0.15) is 9.97 Å². The van der Waals surface area contributed by atoms with Crippen molar-refractivity contribution in [2.24, 2.45) is 0 Å². The third kappa shape index (κ3) is 5.18. The molecule has 20 heteroatoms. The van der Waals surface area contributed by atoms with Crippen LogP contribution in [-0.4, -0.2) is 86.8 Å². The summed E-state index contributed by atoms with van der Waals surface area (Å²) in [5.74, 6) is -0.369. The van der Waals surface area contributed by atoms with Crippen molar-refractivity contribution < 1.29 is 38.2 Å². The fourth-order valence-corrected chi connectivity index (χ4v) is 5.22. The first-order valence-electron chi connectivity index (χ1n) is 11.2. The lowest BCUT2D eigenvalue weighted by Gasteiger charge is -2.21. The summed E-state index contributed by atoms with van der Waals surface area (Å²) in [6, 6.07) is 0. The number of aromatic nitrogens is 7. The molecule has 4 unspecified atom stereocenters. The molecule has 0 bridgehead atoms. The summed E-state index contributed by atoms with van der Waals surface area (Å²) in [4.78, 5) is 51.9. The first kappa shape index (κ1) is 26.3. The minimum Gasteiger partial charge on any atom is -0.394 e. The Hall–Kier alpha value is -3.29. The molecule has 8 N–H and O–H groups in total. The van der Waals surface area contributed by atoms with E-state index < -0.39 is 69.2 Å². The number of H-pyrrole nitrogens is 1. The van der Waals surface area contributed by atoms with E-state index in [1.54, 1.807) is 0 Å². The van der Waals surface area contributed by atoms with E-state index in [1.165, 1.54) is 10.9 Å². The summed E-state index contributed by atoms with van der Waals surface area (Å²) in [5, 5.41) is 20.1. The van der Waals surface area contributed by atoms with Gasteiger partial charge in [0.1, 0.15) is 37.1 Å². The predicted octanol–water partition coefficient (Wildman–Crippen LogP) is -2.63. The third-order valence-electron chi connectivity index (χ3n) is 6.05. The standard InChI is InChI=1S/C18H24N9O10P/c19-16-22-6-27(18(31)25-16)12-2-8(9(3-28)35-12)37-38(32,33)34-4-10-7(29)1-11(36-10)26-5-21-13-14(26)23-17(20)24-15(13)30/h5-12,28-29H,1-4H2,(H,32,33)(H2,19,25,31)(H3,20,23,24,30)/t7-,8-,9-,10?,11?,12?/m1/s1. The Balaban J connectivity index is 1.22. The molecule has 2 saturated heterocycles. The Kier molecular flexibility index (Phi) is 7.01. The van der Waals surface area contributed by atoms with Crippen LogP contribution in [0.3, 0.4) is 0 Å². The minimum atomic E-state index is -4.76. The zero-order chi connectivity index (χ0) is 27.2. The molecule has 206 valence electrons. The molecule has 7 atom stereocenters. The van der Waals surface area contributed by atoms with Crippen LogP contribution in [0.15, 0.2) is 22.2 Å². The number of anilines is 2. The molecule has 0 aromatic carbocycles. The number of hydrogen-bond acceptors (Lipinski definition) is 15. The van der Waals surface area contributed by atoms with Crippen molar-refractivity contribution in [1.29, 1.82) is 0 Å². The number of nitrogens with zero attached hydrogens (tertiary/aromatic N) is 6. The largest absolute Gasteiger partial charge is 0.472 e. The molecule has 5 rings (SSSR count). The van der Waals surface area contributed by atoms with Crippen LogP contribution >= 0.6 is 7.82 Å². The molecule has 3 aromatic rings. The zero-order valence-electron chi connectivity index (χ0n) is 19.4. The molecule has 2 aliphatic heterocycles. The molecule has 2 fully saturated rings. The summed E-state index contributed by atoms with van der Waals surface area (Å²) in [6.45, 7) is -1.13. The number of ether oxygens (including phenoxy) is 2. The van der Waals surface area contributed by atoms with Gasteiger partial charge >= 0.3 is 13.5 Å². The maximum atomic E-state index is 12.7. The van der Waals surface area contributed by atoms with E-state index in [0.717, 1.165) is 10.9 Å². The van der Waals surface area contributed by atoms with Gasteiger partial charge in [-0.1, -0.05) is 0 Å². The minimum absolute atomic E-state index is 0.0218. The van der Waals surface area contributed by atoms with Gasteiger partial charge in [0.25, 0.3) is 5.56 Å². The Morgan fingerprint density at radius 2 is 1.82 bits per heavy atom. The third-order valence-corrected chi connectivity index (χ3v) is 7.06. The van der Waals surface area contributed by atoms with E-state index >= 15 is 0 Å². The fourth-order valence-electron chi connectivity index (χ4n) is 4.26. The summed E-state index contributed by atoms with van der Waals surface area (Å²) >= 11 is 0. The van der Waals surface area contributed by atoms with Crippen molar-refractivity contribution in [3.05, 3.63) is 33.5 Å². The average molecular weight is 557 g/mol. The first-order chi connectivity index (χ1) is 18.0. The highest BCUT2D eigenvalue weighted by molar-refractivity contribution is 7.47. The van der Waals surface area contributed by atoms with Crippen LogP contribution < -0.4 is 22.7 Å². The van der Waals surface area contributed by atoms with E-state index in [9.17, 15) is 29.3 Å². The molecule has 5 heterocycles. The lowest BCUT2D eigenvalue weighted by atomic mass is 10.2. The normalized spacial score (nSPS) is 29.1. The predicted molar refractivity (Wildman–Crippen MR) is 124 cm³/mol. The second-order valence-corrected chi connectivity index (χ2v) is 9.97. The van der Waals surface area contributed by atoms with E-state index in [2.05, 4.69) is 24.9 Å². The van der Waals surface area contributed by atoms with Crippen molar-refractivity contribution in [3.63, 3.8) is 0 Å². The highest BCUT2D eigenvalue weighted by Crippen LogP contribution is 2.49. The quantitative estimate of drug-likeness (QED) is 0.154. The lowest BCUT2D eigenvalue weighted by molar-refractivity contribution is -0.0565. The van der Waals surface area contributed by atoms with Crippen LogP contribution in [0, 0.1) is 0 Å². The molecule has 0 spiro atoms. The van der Waals surface area contributed by atoms with Crippen LogP contribution in [0.1, 0.15) is 25.3 Å². The van der Waals surface area contributed by atoms with Gasteiger partial charge in [0.2, 0.25) is 11.9 Å². The van der Waals surface area contributed by atoms with Crippen molar-refractivity contribution in [3.8, 4) is 0 Å². The number of aliphatic hydroxyl groups is 2. The molecule has 0 amide bonds. The first-order valence-corrected chi connectivity index (χ1v) is 12.7. The molecule has 3 aromatic heterocycles. The highest BCUT2D eigenvalue weighted by Gasteiger charge is 2.43. The van der Waals surface area contributed by atoms with Gasteiger partial charge in [-0.3, -0.25) is 28.0 Å². The number of aromatic amines is 1.